The molecule has 8 atom stereocenters. The van der Waals surface area contributed by atoms with Crippen molar-refractivity contribution in [1.82, 2.24) is 4.90 Å². The number of benzene rings is 2. The summed E-state index contributed by atoms with van der Waals surface area (Å²) in [6.07, 6.45) is -1.73. The highest BCUT2D eigenvalue weighted by atomic mass is 16.5. The molecule has 2 aromatic rings. The largest absolute Gasteiger partial charge is 0.507 e. The summed E-state index contributed by atoms with van der Waals surface area (Å²) in [6, 6.07) is 12.2. The smallest absolute Gasteiger partial charge is 0.235 e. The van der Waals surface area contributed by atoms with Crippen molar-refractivity contribution in [3.63, 3.8) is 0 Å². The fourth-order valence-corrected chi connectivity index (χ4v) is 6.84. The number of phenolic OH excluding ortho intramolecular Hbond substituents is 1. The number of Topliss-reactive ketones (excluding diaryl/α,β-unsaturated/α-hetero) is 4. The highest BCUT2D eigenvalue weighted by Crippen LogP contribution is 2.54. The van der Waals surface area contributed by atoms with Gasteiger partial charge in [-0.05, 0) is 31.3 Å². The second kappa shape index (κ2) is 10.0. The first kappa shape index (κ1) is 27.8. The standard InChI is InChI=1S/C29H30N2O9/c1-31(2)22-21-24(34)18-15(12-40-11-13-7-4-3-5-8-13)14-9-6-10-16(32)17(14)23(33)19(18)26(36)29(21,39)27(37)20(25(22)35)28(30)38/h3-10,15,18-22,24,32,34,39H,11-12H2,1-2H3,(H2,30,38)/t15?,18-,19?,20?,21-,22+,24+,29+/m1/s1. The number of aliphatic hydroxyl groups excluding tert-OH is 1. The molecule has 0 heterocycles. The second-order valence-electron chi connectivity index (χ2n) is 10.9. The van der Waals surface area contributed by atoms with Crippen LogP contribution < -0.4 is 5.73 Å². The van der Waals surface area contributed by atoms with E-state index >= 15 is 0 Å². The van der Waals surface area contributed by atoms with Crippen LogP contribution in [0.4, 0.5) is 0 Å². The Morgan fingerprint density at radius 2 is 1.70 bits per heavy atom. The minimum Gasteiger partial charge on any atom is -0.507 e. The number of nitrogens with zero attached hydrogens (tertiary/aromatic N) is 1. The summed E-state index contributed by atoms with van der Waals surface area (Å²) in [5, 5.41) is 34.2. The highest BCUT2D eigenvalue weighted by Gasteiger charge is 2.73. The number of ketones is 4. The Labute approximate surface area is 229 Å². The number of fused-ring (bicyclic) bond motifs is 3. The van der Waals surface area contributed by atoms with Gasteiger partial charge in [0.15, 0.2) is 34.7 Å². The number of aliphatic hydroxyl groups is 2. The summed E-state index contributed by atoms with van der Waals surface area (Å²) < 4.78 is 5.97. The van der Waals surface area contributed by atoms with Crippen LogP contribution in [0, 0.1) is 23.7 Å². The summed E-state index contributed by atoms with van der Waals surface area (Å²) in [7, 11) is 2.89. The van der Waals surface area contributed by atoms with E-state index in [-0.39, 0.29) is 18.8 Å². The molecule has 3 aliphatic rings. The van der Waals surface area contributed by atoms with Gasteiger partial charge in [0.1, 0.15) is 5.75 Å². The lowest BCUT2D eigenvalue weighted by Crippen LogP contribution is -2.77. The molecular weight excluding hydrogens is 520 g/mol. The summed E-state index contributed by atoms with van der Waals surface area (Å²) in [6.45, 7) is 0.0829. The number of carbonyl (C=O) groups is 5. The van der Waals surface area contributed by atoms with Crippen LogP contribution in [-0.2, 0) is 30.5 Å². The molecule has 1 amide bonds. The van der Waals surface area contributed by atoms with E-state index in [1.54, 1.807) is 6.07 Å². The molecule has 0 radical (unpaired) electrons. The van der Waals surface area contributed by atoms with E-state index in [1.165, 1.54) is 31.1 Å². The van der Waals surface area contributed by atoms with Gasteiger partial charge in [0, 0.05) is 11.8 Å². The monoisotopic (exact) mass is 550 g/mol. The third-order valence-corrected chi connectivity index (χ3v) is 8.56. The molecule has 2 saturated carbocycles. The molecular formula is C29H30N2O9. The van der Waals surface area contributed by atoms with Crippen molar-refractivity contribution in [1.29, 1.82) is 0 Å². The van der Waals surface area contributed by atoms with Crippen LogP contribution in [0.2, 0.25) is 0 Å². The van der Waals surface area contributed by atoms with Crippen molar-refractivity contribution in [2.75, 3.05) is 20.7 Å². The van der Waals surface area contributed by atoms with Gasteiger partial charge in [-0.2, -0.15) is 0 Å². The number of rotatable bonds is 6. The summed E-state index contributed by atoms with van der Waals surface area (Å²) >= 11 is 0. The molecule has 5 rings (SSSR count). The number of likely N-dealkylation sites (N-methyl/N-ethyl adjacent to an activating group) is 1. The Kier molecular flexibility index (Phi) is 6.95. The number of amides is 1. The number of hydrogen-bond donors (Lipinski definition) is 4. The van der Waals surface area contributed by atoms with Crippen LogP contribution in [0.3, 0.4) is 0 Å². The predicted molar refractivity (Wildman–Crippen MR) is 138 cm³/mol. The van der Waals surface area contributed by atoms with E-state index in [9.17, 15) is 39.3 Å². The molecule has 2 aromatic carbocycles. The van der Waals surface area contributed by atoms with Gasteiger partial charge in [-0.25, -0.2) is 0 Å². The first-order chi connectivity index (χ1) is 18.9. The van der Waals surface area contributed by atoms with Gasteiger partial charge >= 0.3 is 0 Å². The maximum Gasteiger partial charge on any atom is 0.235 e. The van der Waals surface area contributed by atoms with Gasteiger partial charge in [0.25, 0.3) is 0 Å². The molecule has 40 heavy (non-hydrogen) atoms. The van der Waals surface area contributed by atoms with Crippen LogP contribution in [0.1, 0.15) is 27.4 Å². The Bertz CT molecular complexity index is 1410. The van der Waals surface area contributed by atoms with Crippen LogP contribution in [0.15, 0.2) is 48.5 Å². The van der Waals surface area contributed by atoms with Gasteiger partial charge in [-0.15, -0.1) is 0 Å². The zero-order valence-electron chi connectivity index (χ0n) is 21.9. The van der Waals surface area contributed by atoms with Crippen molar-refractivity contribution in [3.8, 4) is 5.75 Å². The molecule has 0 aliphatic heterocycles. The molecule has 2 fully saturated rings. The zero-order valence-corrected chi connectivity index (χ0v) is 21.9. The summed E-state index contributed by atoms with van der Waals surface area (Å²) in [5.41, 5.74) is 3.31. The van der Waals surface area contributed by atoms with Crippen molar-refractivity contribution < 1.29 is 44.0 Å². The molecule has 0 bridgehead atoms. The number of hydrogen-bond acceptors (Lipinski definition) is 10. The van der Waals surface area contributed by atoms with Crippen LogP contribution >= 0.6 is 0 Å². The van der Waals surface area contributed by atoms with Crippen LogP contribution in [0.25, 0.3) is 0 Å². The molecule has 210 valence electrons. The fraction of sp³-hybridized carbons (Fsp3) is 0.414. The number of carbonyl (C=O) groups excluding carboxylic acids is 5. The maximum absolute atomic E-state index is 14.1. The third kappa shape index (κ3) is 3.92. The van der Waals surface area contributed by atoms with E-state index in [0.29, 0.717) is 5.56 Å². The Balaban J connectivity index is 1.64. The lowest BCUT2D eigenvalue weighted by molar-refractivity contribution is -0.197. The Hall–Kier alpha value is -3.77. The lowest BCUT2D eigenvalue weighted by Gasteiger charge is -2.56. The number of primary amides is 1. The highest BCUT2D eigenvalue weighted by molar-refractivity contribution is 6.32. The maximum atomic E-state index is 14.1. The average molecular weight is 551 g/mol. The minimum atomic E-state index is -3.05. The molecule has 3 aliphatic carbocycles. The van der Waals surface area contributed by atoms with Crippen LogP contribution in [0.5, 0.6) is 5.75 Å². The van der Waals surface area contributed by atoms with Crippen LogP contribution in [-0.4, -0.2) is 87.7 Å². The first-order valence-electron chi connectivity index (χ1n) is 12.9. The van der Waals surface area contributed by atoms with Crippen molar-refractivity contribution >= 4 is 29.0 Å². The van der Waals surface area contributed by atoms with E-state index < -0.39 is 82.1 Å². The predicted octanol–water partition coefficient (Wildman–Crippen LogP) is -0.404. The Morgan fingerprint density at radius 1 is 1.02 bits per heavy atom. The van der Waals surface area contributed by atoms with Gasteiger partial charge in [-0.3, -0.25) is 28.9 Å². The lowest BCUT2D eigenvalue weighted by atomic mass is 9.49. The normalized spacial score (nSPS) is 33.4. The molecule has 11 nitrogen and oxygen atoms in total. The topological polar surface area (TPSA) is 185 Å². The molecule has 5 N–H and O–H groups in total. The summed E-state index contributed by atoms with van der Waals surface area (Å²) in [5.74, 6) is -13.9. The SMILES string of the molecule is CN(C)[C@@H]1C(=O)C(C(N)=O)C(=O)[C@@]2(O)C(=O)C3C(=O)c4c(O)cccc4C(COCc4ccccc4)[C@H]3[C@H](O)[C@@H]12. The average Bonchev–Trinajstić information content (AvgIpc) is 2.90. The van der Waals surface area contributed by atoms with Crippen molar-refractivity contribution in [2.45, 2.75) is 30.3 Å². The molecule has 3 unspecified atom stereocenters. The van der Waals surface area contributed by atoms with E-state index in [0.717, 1.165) is 5.56 Å². The fourth-order valence-electron chi connectivity index (χ4n) is 6.84. The van der Waals surface area contributed by atoms with E-state index in [4.69, 9.17) is 10.5 Å². The second-order valence-corrected chi connectivity index (χ2v) is 10.9. The van der Waals surface area contributed by atoms with Crippen molar-refractivity contribution in [2.24, 2.45) is 29.4 Å². The summed E-state index contributed by atoms with van der Waals surface area (Å²) in [4.78, 5) is 68.1. The molecule has 0 aromatic heterocycles. The number of ether oxygens (including phenoxy) is 1. The number of nitrogens with two attached hydrogens (primary N) is 1. The molecule has 11 heteroatoms. The number of phenols is 1. The zero-order chi connectivity index (χ0) is 29.1. The molecule has 0 saturated heterocycles. The quantitative estimate of drug-likeness (QED) is 0.345. The minimum absolute atomic E-state index is 0.0896. The van der Waals surface area contributed by atoms with E-state index in [2.05, 4.69) is 0 Å². The van der Waals surface area contributed by atoms with E-state index in [1.807, 2.05) is 30.3 Å². The third-order valence-electron chi connectivity index (χ3n) is 8.56. The van der Waals surface area contributed by atoms with Gasteiger partial charge in [-0.1, -0.05) is 42.5 Å². The van der Waals surface area contributed by atoms with Crippen molar-refractivity contribution in [3.05, 3.63) is 65.2 Å². The first-order valence-corrected chi connectivity index (χ1v) is 12.9. The van der Waals surface area contributed by atoms with Gasteiger partial charge in [0.05, 0.1) is 42.8 Å². The Morgan fingerprint density at radius 3 is 2.33 bits per heavy atom. The molecule has 0 spiro atoms. The van der Waals surface area contributed by atoms with Gasteiger partial charge in [0.2, 0.25) is 5.91 Å². The van der Waals surface area contributed by atoms with Gasteiger partial charge < -0.3 is 25.8 Å². The number of aromatic hydroxyl groups is 1.